The van der Waals surface area contributed by atoms with Gasteiger partial charge in [-0.25, -0.2) is 19.3 Å². The maximum atomic E-state index is 12.6. The zero-order valence-electron chi connectivity index (χ0n) is 18.9. The Balaban J connectivity index is 1.58. The number of aryl methyl sites for hydroxylation is 3. The van der Waals surface area contributed by atoms with Crippen LogP contribution >= 0.6 is 0 Å². The first-order valence-corrected chi connectivity index (χ1v) is 10.9. The van der Waals surface area contributed by atoms with Crippen LogP contribution in [-0.2, 0) is 24.4 Å². The van der Waals surface area contributed by atoms with Crippen LogP contribution in [0.1, 0.15) is 48.6 Å². The van der Waals surface area contributed by atoms with Gasteiger partial charge in [-0.2, -0.15) is 5.10 Å². The lowest BCUT2D eigenvalue weighted by Gasteiger charge is -2.08. The molecule has 10 nitrogen and oxygen atoms in total. The van der Waals surface area contributed by atoms with E-state index in [0.29, 0.717) is 35.6 Å². The van der Waals surface area contributed by atoms with Crippen molar-refractivity contribution in [1.29, 1.82) is 0 Å². The molecule has 0 unspecified atom stereocenters. The standard InChI is InChI=1S/C23H26N6O4/c1-4-6-13-28-20-19(21(30)26-23(28)32)27(5-2)18(25-20)14-33-22(31)16-7-9-17(10-8-16)29-15(3)11-12-24-29/h7-12H,4-6,13-14H2,1-3H3,(H,26,30,32). The largest absolute Gasteiger partial charge is 0.454 e. The monoisotopic (exact) mass is 450 g/mol. The second-order valence-corrected chi connectivity index (χ2v) is 7.72. The molecule has 0 aliphatic rings. The Morgan fingerprint density at radius 1 is 1.09 bits per heavy atom. The highest BCUT2D eigenvalue weighted by atomic mass is 16.5. The van der Waals surface area contributed by atoms with E-state index in [1.165, 1.54) is 4.57 Å². The fraction of sp³-hybridized carbons (Fsp3) is 0.348. The van der Waals surface area contributed by atoms with Gasteiger partial charge in [0.1, 0.15) is 12.4 Å². The fourth-order valence-corrected chi connectivity index (χ4v) is 3.78. The Bertz CT molecular complexity index is 1410. The summed E-state index contributed by atoms with van der Waals surface area (Å²) >= 11 is 0. The van der Waals surface area contributed by atoms with Crippen LogP contribution in [0, 0.1) is 6.92 Å². The molecule has 0 fully saturated rings. The lowest BCUT2D eigenvalue weighted by molar-refractivity contribution is 0.0458. The highest BCUT2D eigenvalue weighted by Gasteiger charge is 2.19. The minimum atomic E-state index is -0.509. The molecule has 0 aliphatic heterocycles. The molecule has 1 aromatic carbocycles. The Morgan fingerprint density at radius 2 is 1.85 bits per heavy atom. The summed E-state index contributed by atoms with van der Waals surface area (Å²) in [6.45, 7) is 6.60. The first kappa shape index (κ1) is 22.3. The van der Waals surface area contributed by atoms with Crippen molar-refractivity contribution in [1.82, 2.24) is 28.9 Å². The van der Waals surface area contributed by atoms with Gasteiger partial charge < -0.3 is 9.30 Å². The van der Waals surface area contributed by atoms with E-state index in [0.717, 1.165) is 24.2 Å². The van der Waals surface area contributed by atoms with Crippen molar-refractivity contribution >= 4 is 17.1 Å². The summed E-state index contributed by atoms with van der Waals surface area (Å²) in [4.78, 5) is 44.3. The lowest BCUT2D eigenvalue weighted by atomic mass is 10.2. The van der Waals surface area contributed by atoms with E-state index in [-0.39, 0.29) is 6.61 Å². The van der Waals surface area contributed by atoms with E-state index < -0.39 is 17.2 Å². The maximum Gasteiger partial charge on any atom is 0.338 e. The number of nitrogens with zero attached hydrogens (tertiary/aromatic N) is 5. The first-order chi connectivity index (χ1) is 15.9. The van der Waals surface area contributed by atoms with E-state index in [4.69, 9.17) is 4.74 Å². The molecular weight excluding hydrogens is 424 g/mol. The number of unbranched alkanes of at least 4 members (excludes halogenated alkanes) is 1. The molecule has 0 saturated heterocycles. The fourth-order valence-electron chi connectivity index (χ4n) is 3.78. The minimum absolute atomic E-state index is 0.122. The van der Waals surface area contributed by atoms with Gasteiger partial charge in [0.2, 0.25) is 0 Å². The molecule has 0 amide bonds. The summed E-state index contributed by atoms with van der Waals surface area (Å²) < 4.78 is 10.4. The quantitative estimate of drug-likeness (QED) is 0.412. The number of benzene rings is 1. The summed E-state index contributed by atoms with van der Waals surface area (Å²) in [5.74, 6) is -0.100. The Hall–Kier alpha value is -3.95. The summed E-state index contributed by atoms with van der Waals surface area (Å²) in [6.07, 6.45) is 3.38. The van der Waals surface area contributed by atoms with Crippen molar-refractivity contribution in [2.24, 2.45) is 0 Å². The molecule has 172 valence electrons. The van der Waals surface area contributed by atoms with Crippen LogP contribution in [-0.4, -0.2) is 34.9 Å². The van der Waals surface area contributed by atoms with Crippen LogP contribution in [0.3, 0.4) is 0 Å². The number of rotatable bonds is 8. The number of hydrogen-bond acceptors (Lipinski definition) is 6. The summed E-state index contributed by atoms with van der Waals surface area (Å²) in [6, 6.07) is 8.84. The zero-order chi connectivity index (χ0) is 23.5. The van der Waals surface area contributed by atoms with Gasteiger partial charge in [0.15, 0.2) is 11.2 Å². The van der Waals surface area contributed by atoms with E-state index in [9.17, 15) is 14.4 Å². The molecule has 0 radical (unpaired) electrons. The molecule has 4 aromatic rings. The van der Waals surface area contributed by atoms with Crippen molar-refractivity contribution in [3.63, 3.8) is 0 Å². The number of carbonyl (C=O) groups is 1. The molecule has 1 N–H and O–H groups in total. The molecule has 0 spiro atoms. The van der Waals surface area contributed by atoms with Gasteiger partial charge in [0.05, 0.1) is 11.3 Å². The van der Waals surface area contributed by atoms with Crippen molar-refractivity contribution in [2.45, 2.75) is 53.3 Å². The number of imidazole rings is 1. The third kappa shape index (κ3) is 4.23. The third-order valence-electron chi connectivity index (χ3n) is 5.53. The van der Waals surface area contributed by atoms with Crippen molar-refractivity contribution in [3.8, 4) is 5.69 Å². The number of hydrogen-bond donors (Lipinski definition) is 1. The molecule has 10 heteroatoms. The number of aromatic nitrogens is 6. The Labute approximate surface area is 189 Å². The van der Waals surface area contributed by atoms with Gasteiger partial charge in [-0.3, -0.25) is 14.3 Å². The number of H-pyrrole nitrogens is 1. The van der Waals surface area contributed by atoms with Crippen LogP contribution in [0.15, 0.2) is 46.1 Å². The highest BCUT2D eigenvalue weighted by molar-refractivity contribution is 5.89. The molecular formula is C23H26N6O4. The Morgan fingerprint density at radius 3 is 2.48 bits per heavy atom. The second-order valence-electron chi connectivity index (χ2n) is 7.72. The van der Waals surface area contributed by atoms with E-state index in [1.54, 1.807) is 39.7 Å². The topological polar surface area (TPSA) is 117 Å². The van der Waals surface area contributed by atoms with Crippen LogP contribution in [0.2, 0.25) is 0 Å². The van der Waals surface area contributed by atoms with Crippen LogP contribution < -0.4 is 11.2 Å². The number of aromatic amines is 1. The number of esters is 1. The van der Waals surface area contributed by atoms with Gasteiger partial charge in [-0.1, -0.05) is 13.3 Å². The first-order valence-electron chi connectivity index (χ1n) is 10.9. The highest BCUT2D eigenvalue weighted by Crippen LogP contribution is 2.15. The van der Waals surface area contributed by atoms with Gasteiger partial charge in [0.25, 0.3) is 5.56 Å². The summed E-state index contributed by atoms with van der Waals surface area (Å²) in [5.41, 5.74) is 1.84. The lowest BCUT2D eigenvalue weighted by Crippen LogP contribution is -2.31. The summed E-state index contributed by atoms with van der Waals surface area (Å²) in [7, 11) is 0. The summed E-state index contributed by atoms with van der Waals surface area (Å²) in [5, 5.41) is 4.25. The number of carbonyl (C=O) groups excluding carboxylic acids is 1. The molecule has 3 heterocycles. The minimum Gasteiger partial charge on any atom is -0.454 e. The maximum absolute atomic E-state index is 12.6. The van der Waals surface area contributed by atoms with E-state index in [2.05, 4.69) is 15.1 Å². The molecule has 0 bridgehead atoms. The normalized spacial score (nSPS) is 11.2. The average molecular weight is 450 g/mol. The molecule has 3 aromatic heterocycles. The van der Waals surface area contributed by atoms with Gasteiger partial charge >= 0.3 is 11.7 Å². The van der Waals surface area contributed by atoms with Crippen molar-refractivity contribution in [2.75, 3.05) is 0 Å². The van der Waals surface area contributed by atoms with Crippen LogP contribution in [0.4, 0.5) is 0 Å². The SMILES string of the molecule is CCCCn1c(=O)[nH]c(=O)c2c1nc(COC(=O)c1ccc(-n3nccc3C)cc1)n2CC. The molecule has 0 atom stereocenters. The van der Waals surface area contributed by atoms with Gasteiger partial charge in [-0.05, 0) is 50.6 Å². The van der Waals surface area contributed by atoms with Crippen LogP contribution in [0.25, 0.3) is 16.9 Å². The van der Waals surface area contributed by atoms with Crippen molar-refractivity contribution < 1.29 is 9.53 Å². The second kappa shape index (κ2) is 9.27. The Kier molecular flexibility index (Phi) is 6.25. The van der Waals surface area contributed by atoms with E-state index >= 15 is 0 Å². The smallest absolute Gasteiger partial charge is 0.338 e. The average Bonchev–Trinajstić information content (AvgIpc) is 3.41. The number of fused-ring (bicyclic) bond motifs is 1. The molecule has 0 aliphatic carbocycles. The molecule has 4 rings (SSSR count). The van der Waals surface area contributed by atoms with Gasteiger partial charge in [0, 0.05) is 25.0 Å². The van der Waals surface area contributed by atoms with Gasteiger partial charge in [-0.15, -0.1) is 0 Å². The predicted octanol–water partition coefficient (Wildman–Crippen LogP) is 2.56. The van der Waals surface area contributed by atoms with Crippen LogP contribution in [0.5, 0.6) is 0 Å². The number of ether oxygens (including phenoxy) is 1. The predicted molar refractivity (Wildman–Crippen MR) is 123 cm³/mol. The zero-order valence-corrected chi connectivity index (χ0v) is 18.9. The molecule has 33 heavy (non-hydrogen) atoms. The third-order valence-corrected chi connectivity index (χ3v) is 5.53. The number of nitrogens with one attached hydrogen (secondary N) is 1. The van der Waals surface area contributed by atoms with E-state index in [1.807, 2.05) is 26.8 Å². The van der Waals surface area contributed by atoms with Crippen molar-refractivity contribution in [3.05, 3.63) is 74.4 Å². The molecule has 0 saturated carbocycles.